The molecule has 0 bridgehead atoms. The number of nitrogens with zero attached hydrogens (tertiary/aromatic N) is 1. The van der Waals surface area contributed by atoms with Gasteiger partial charge in [0, 0.05) is 19.9 Å². The van der Waals surface area contributed by atoms with Gasteiger partial charge in [-0.25, -0.2) is 0 Å². The highest BCUT2D eigenvalue weighted by Gasteiger charge is 2.25. The van der Waals surface area contributed by atoms with Gasteiger partial charge in [-0.15, -0.1) is 0 Å². The zero-order chi connectivity index (χ0) is 9.84. The van der Waals surface area contributed by atoms with Crippen molar-refractivity contribution in [1.29, 1.82) is 0 Å². The van der Waals surface area contributed by atoms with Gasteiger partial charge >= 0.3 is 0 Å². The maximum Gasteiger partial charge on any atom is 0.219 e. The quantitative estimate of drug-likeness (QED) is 0.618. The van der Waals surface area contributed by atoms with Gasteiger partial charge in [0.2, 0.25) is 5.91 Å². The van der Waals surface area contributed by atoms with Crippen molar-refractivity contribution >= 4 is 11.7 Å². The Morgan fingerprint density at radius 3 is 2.69 bits per heavy atom. The molecule has 0 radical (unpaired) electrons. The van der Waals surface area contributed by atoms with Gasteiger partial charge in [-0.3, -0.25) is 9.59 Å². The molecule has 1 aliphatic heterocycles. The number of hydrogen-bond acceptors (Lipinski definition) is 3. The summed E-state index contributed by atoms with van der Waals surface area (Å²) in [6.07, 6.45) is 0.402. The van der Waals surface area contributed by atoms with Gasteiger partial charge in [0.1, 0.15) is 5.78 Å². The SMILES string of the molecule is CC(=O)CC1COCCN1C(C)=O. The van der Waals surface area contributed by atoms with Crippen LogP contribution in [0.1, 0.15) is 20.3 Å². The van der Waals surface area contributed by atoms with Crippen LogP contribution in [0.25, 0.3) is 0 Å². The molecule has 1 saturated heterocycles. The van der Waals surface area contributed by atoms with Gasteiger partial charge in [-0.1, -0.05) is 0 Å². The fourth-order valence-corrected chi connectivity index (χ4v) is 1.57. The summed E-state index contributed by atoms with van der Waals surface area (Å²) in [6, 6.07) is -0.0521. The Morgan fingerprint density at radius 1 is 1.46 bits per heavy atom. The summed E-state index contributed by atoms with van der Waals surface area (Å²) in [6.45, 7) is 4.73. The minimum absolute atomic E-state index is 0.0227. The maximum absolute atomic E-state index is 11.1. The lowest BCUT2D eigenvalue weighted by atomic mass is 10.1. The zero-order valence-corrected chi connectivity index (χ0v) is 8.08. The largest absolute Gasteiger partial charge is 0.377 e. The molecular formula is C9H15NO3. The van der Waals surface area contributed by atoms with Crippen molar-refractivity contribution in [3.63, 3.8) is 0 Å². The highest BCUT2D eigenvalue weighted by Crippen LogP contribution is 2.10. The molecule has 74 valence electrons. The van der Waals surface area contributed by atoms with Gasteiger partial charge in [-0.2, -0.15) is 0 Å². The molecule has 4 heteroatoms. The summed E-state index contributed by atoms with van der Waals surface area (Å²) < 4.78 is 5.22. The van der Waals surface area contributed by atoms with E-state index in [9.17, 15) is 9.59 Å². The number of morpholine rings is 1. The molecule has 1 aliphatic rings. The summed E-state index contributed by atoms with van der Waals surface area (Å²) >= 11 is 0. The highest BCUT2D eigenvalue weighted by atomic mass is 16.5. The fourth-order valence-electron chi connectivity index (χ4n) is 1.57. The van der Waals surface area contributed by atoms with Crippen molar-refractivity contribution in [3.05, 3.63) is 0 Å². The molecule has 1 heterocycles. The maximum atomic E-state index is 11.1. The van der Waals surface area contributed by atoms with Crippen LogP contribution in [0.15, 0.2) is 0 Å². The molecule has 1 rings (SSSR count). The number of carbonyl (C=O) groups excluding carboxylic acids is 2. The summed E-state index contributed by atoms with van der Waals surface area (Å²) in [5.41, 5.74) is 0. The molecule has 0 aliphatic carbocycles. The highest BCUT2D eigenvalue weighted by molar-refractivity contribution is 5.78. The lowest BCUT2D eigenvalue weighted by Gasteiger charge is -2.34. The van der Waals surface area contributed by atoms with Crippen molar-refractivity contribution < 1.29 is 14.3 Å². The van der Waals surface area contributed by atoms with Crippen molar-refractivity contribution in [2.24, 2.45) is 0 Å². The molecular weight excluding hydrogens is 170 g/mol. The molecule has 0 aromatic heterocycles. The van der Waals surface area contributed by atoms with E-state index in [1.807, 2.05) is 0 Å². The molecule has 1 fully saturated rings. The van der Waals surface area contributed by atoms with Crippen LogP contribution in [0, 0.1) is 0 Å². The molecule has 0 aromatic carbocycles. The second-order valence-electron chi connectivity index (χ2n) is 3.35. The van der Waals surface area contributed by atoms with Gasteiger partial charge in [0.05, 0.1) is 19.3 Å². The molecule has 1 amide bonds. The van der Waals surface area contributed by atoms with Crippen LogP contribution in [0.4, 0.5) is 0 Å². The zero-order valence-electron chi connectivity index (χ0n) is 8.08. The van der Waals surface area contributed by atoms with E-state index < -0.39 is 0 Å². The minimum atomic E-state index is -0.0521. The predicted octanol–water partition coefficient (Wildman–Crippen LogP) is 0.213. The van der Waals surface area contributed by atoms with E-state index in [-0.39, 0.29) is 17.7 Å². The third kappa shape index (κ3) is 2.81. The van der Waals surface area contributed by atoms with Crippen LogP contribution in [-0.4, -0.2) is 42.4 Å². The Balaban J connectivity index is 2.56. The molecule has 0 spiro atoms. The number of rotatable bonds is 2. The summed E-state index contributed by atoms with van der Waals surface area (Å²) in [4.78, 5) is 23.7. The predicted molar refractivity (Wildman–Crippen MR) is 47.3 cm³/mol. The topological polar surface area (TPSA) is 46.6 Å². The first-order chi connectivity index (χ1) is 6.11. The molecule has 0 aromatic rings. The van der Waals surface area contributed by atoms with E-state index >= 15 is 0 Å². The summed E-state index contributed by atoms with van der Waals surface area (Å²) in [5, 5.41) is 0. The van der Waals surface area contributed by atoms with Crippen LogP contribution in [0.5, 0.6) is 0 Å². The van der Waals surface area contributed by atoms with E-state index in [4.69, 9.17) is 4.74 Å². The van der Waals surface area contributed by atoms with Crippen molar-refractivity contribution in [2.45, 2.75) is 26.3 Å². The van der Waals surface area contributed by atoms with E-state index in [0.717, 1.165) is 0 Å². The monoisotopic (exact) mass is 185 g/mol. The van der Waals surface area contributed by atoms with Gasteiger partial charge < -0.3 is 9.64 Å². The Hall–Kier alpha value is -0.900. The molecule has 0 saturated carbocycles. The van der Waals surface area contributed by atoms with Crippen LogP contribution in [0.2, 0.25) is 0 Å². The first-order valence-electron chi connectivity index (χ1n) is 4.45. The summed E-state index contributed by atoms with van der Waals surface area (Å²) in [7, 11) is 0. The van der Waals surface area contributed by atoms with Gasteiger partial charge in [0.15, 0.2) is 0 Å². The number of hydrogen-bond donors (Lipinski definition) is 0. The number of carbonyl (C=O) groups is 2. The Bertz CT molecular complexity index is 215. The summed E-state index contributed by atoms with van der Waals surface area (Å²) in [5.74, 6) is 0.122. The van der Waals surface area contributed by atoms with E-state index in [1.165, 1.54) is 13.8 Å². The average molecular weight is 185 g/mol. The molecule has 1 unspecified atom stereocenters. The fraction of sp³-hybridized carbons (Fsp3) is 0.778. The number of ether oxygens (including phenoxy) is 1. The standard InChI is InChI=1S/C9H15NO3/c1-7(11)5-9-6-13-4-3-10(9)8(2)12/h9H,3-6H2,1-2H3. The second kappa shape index (κ2) is 4.37. The van der Waals surface area contributed by atoms with E-state index in [2.05, 4.69) is 0 Å². The Kier molecular flexibility index (Phi) is 3.42. The Labute approximate surface area is 77.8 Å². The van der Waals surface area contributed by atoms with E-state index in [1.54, 1.807) is 4.90 Å². The number of ketones is 1. The van der Waals surface area contributed by atoms with Crippen LogP contribution >= 0.6 is 0 Å². The van der Waals surface area contributed by atoms with Crippen molar-refractivity contribution in [1.82, 2.24) is 4.90 Å². The molecule has 4 nitrogen and oxygen atoms in total. The van der Waals surface area contributed by atoms with Crippen molar-refractivity contribution in [3.8, 4) is 0 Å². The number of Topliss-reactive ketones (excluding diaryl/α,β-unsaturated/α-hetero) is 1. The number of amides is 1. The van der Waals surface area contributed by atoms with E-state index in [0.29, 0.717) is 26.2 Å². The smallest absolute Gasteiger partial charge is 0.219 e. The third-order valence-corrected chi connectivity index (χ3v) is 2.16. The molecule has 0 N–H and O–H groups in total. The van der Waals surface area contributed by atoms with Crippen molar-refractivity contribution in [2.75, 3.05) is 19.8 Å². The lowest BCUT2D eigenvalue weighted by molar-refractivity contribution is -0.138. The van der Waals surface area contributed by atoms with Crippen LogP contribution in [0.3, 0.4) is 0 Å². The first-order valence-corrected chi connectivity index (χ1v) is 4.45. The lowest BCUT2D eigenvalue weighted by Crippen LogP contribution is -2.48. The first kappa shape index (κ1) is 10.2. The van der Waals surface area contributed by atoms with Crippen LogP contribution in [-0.2, 0) is 14.3 Å². The normalized spacial score (nSPS) is 22.9. The van der Waals surface area contributed by atoms with Gasteiger partial charge in [-0.05, 0) is 6.92 Å². The van der Waals surface area contributed by atoms with Gasteiger partial charge in [0.25, 0.3) is 0 Å². The van der Waals surface area contributed by atoms with Crippen LogP contribution < -0.4 is 0 Å². The average Bonchev–Trinajstić information content (AvgIpc) is 2.03. The molecule has 13 heavy (non-hydrogen) atoms. The Morgan fingerprint density at radius 2 is 2.15 bits per heavy atom. The third-order valence-electron chi connectivity index (χ3n) is 2.16. The minimum Gasteiger partial charge on any atom is -0.377 e. The molecule has 1 atom stereocenters. The second-order valence-corrected chi connectivity index (χ2v) is 3.35.